The summed E-state index contributed by atoms with van der Waals surface area (Å²) in [4.78, 5) is 23.2. The van der Waals surface area contributed by atoms with Crippen LogP contribution in [0.2, 0.25) is 0 Å². The van der Waals surface area contributed by atoms with Gasteiger partial charge in [-0.3, -0.25) is 9.59 Å². The second-order valence-corrected chi connectivity index (χ2v) is 3.58. The van der Waals surface area contributed by atoms with Crippen molar-refractivity contribution in [2.75, 3.05) is 14.2 Å². The predicted molar refractivity (Wildman–Crippen MR) is 65.3 cm³/mol. The molecule has 0 aliphatic rings. The minimum Gasteiger partial charge on any atom is -0.468 e. The van der Waals surface area contributed by atoms with Crippen LogP contribution >= 0.6 is 0 Å². The summed E-state index contributed by atoms with van der Waals surface area (Å²) in [6.45, 7) is 5.47. The van der Waals surface area contributed by atoms with E-state index in [4.69, 9.17) is 0 Å². The number of rotatable bonds is 7. The Kier molecular flexibility index (Phi) is 7.76. The zero-order chi connectivity index (χ0) is 13.3. The van der Waals surface area contributed by atoms with Crippen molar-refractivity contribution in [2.24, 2.45) is 11.8 Å². The van der Waals surface area contributed by atoms with Gasteiger partial charge in [-0.15, -0.1) is 6.58 Å². The van der Waals surface area contributed by atoms with Crippen LogP contribution in [0.15, 0.2) is 24.8 Å². The molecule has 0 heterocycles. The van der Waals surface area contributed by atoms with Gasteiger partial charge < -0.3 is 9.47 Å². The third-order valence-corrected chi connectivity index (χ3v) is 2.48. The zero-order valence-corrected chi connectivity index (χ0v) is 10.6. The lowest BCUT2D eigenvalue weighted by molar-refractivity contribution is -0.160. The molecule has 0 saturated carbocycles. The summed E-state index contributed by atoms with van der Waals surface area (Å²) >= 11 is 0. The molecule has 0 unspecified atom stereocenters. The number of carbonyl (C=O) groups excluding carboxylic acids is 2. The van der Waals surface area contributed by atoms with Crippen molar-refractivity contribution in [1.29, 1.82) is 0 Å². The summed E-state index contributed by atoms with van der Waals surface area (Å²) < 4.78 is 9.29. The van der Waals surface area contributed by atoms with Crippen molar-refractivity contribution in [3.63, 3.8) is 0 Å². The quantitative estimate of drug-likeness (QED) is 0.388. The highest BCUT2D eigenvalue weighted by Gasteiger charge is 2.34. The molecule has 4 nitrogen and oxygen atoms in total. The van der Waals surface area contributed by atoms with Gasteiger partial charge in [0.2, 0.25) is 0 Å². The van der Waals surface area contributed by atoms with Gasteiger partial charge in [0.25, 0.3) is 0 Å². The topological polar surface area (TPSA) is 52.6 Å². The smallest absolute Gasteiger partial charge is 0.320 e. The van der Waals surface area contributed by atoms with Crippen molar-refractivity contribution in [3.05, 3.63) is 24.8 Å². The van der Waals surface area contributed by atoms with Crippen LogP contribution in [0.1, 0.15) is 19.8 Å². The summed E-state index contributed by atoms with van der Waals surface area (Å²) in [5.41, 5.74) is 0. The van der Waals surface area contributed by atoms with Crippen LogP contribution in [-0.4, -0.2) is 26.2 Å². The molecule has 0 fully saturated rings. The summed E-state index contributed by atoms with van der Waals surface area (Å²) in [5.74, 6) is -2.26. The van der Waals surface area contributed by atoms with Crippen molar-refractivity contribution >= 4 is 11.9 Å². The molecule has 0 amide bonds. The van der Waals surface area contributed by atoms with Crippen LogP contribution in [0.5, 0.6) is 0 Å². The first-order chi connectivity index (χ1) is 8.12. The maximum Gasteiger partial charge on any atom is 0.320 e. The first-order valence-electron chi connectivity index (χ1n) is 5.51. The van der Waals surface area contributed by atoms with Crippen LogP contribution in [-0.2, 0) is 19.1 Å². The Morgan fingerprint density at radius 3 is 2.12 bits per heavy atom. The van der Waals surface area contributed by atoms with Crippen molar-refractivity contribution in [1.82, 2.24) is 0 Å². The van der Waals surface area contributed by atoms with E-state index in [2.05, 4.69) is 16.1 Å². The lowest BCUT2D eigenvalue weighted by Crippen LogP contribution is -2.32. The minimum atomic E-state index is -0.902. The van der Waals surface area contributed by atoms with E-state index in [-0.39, 0.29) is 5.92 Å². The Morgan fingerprint density at radius 2 is 1.76 bits per heavy atom. The number of methoxy groups -OCH3 is 2. The Bertz CT molecular complexity index is 278. The molecule has 0 aromatic heterocycles. The van der Waals surface area contributed by atoms with E-state index < -0.39 is 17.9 Å². The van der Waals surface area contributed by atoms with Crippen LogP contribution < -0.4 is 0 Å². The van der Waals surface area contributed by atoms with E-state index in [0.717, 1.165) is 6.42 Å². The number of hydrogen-bond donors (Lipinski definition) is 0. The number of esters is 2. The predicted octanol–water partition coefficient (Wildman–Crippen LogP) is 2.11. The van der Waals surface area contributed by atoms with Gasteiger partial charge in [-0.05, 0) is 19.8 Å². The van der Waals surface area contributed by atoms with Crippen LogP contribution in [0, 0.1) is 11.8 Å². The van der Waals surface area contributed by atoms with Gasteiger partial charge in [-0.1, -0.05) is 18.2 Å². The molecule has 4 heteroatoms. The normalized spacial score (nSPS) is 12.5. The van der Waals surface area contributed by atoms with E-state index in [1.165, 1.54) is 14.2 Å². The zero-order valence-electron chi connectivity index (χ0n) is 10.6. The van der Waals surface area contributed by atoms with Crippen LogP contribution in [0.25, 0.3) is 0 Å². The molecule has 17 heavy (non-hydrogen) atoms. The molecule has 0 radical (unpaired) electrons. The molecule has 0 saturated heterocycles. The van der Waals surface area contributed by atoms with Crippen molar-refractivity contribution in [2.45, 2.75) is 19.8 Å². The van der Waals surface area contributed by atoms with Crippen molar-refractivity contribution in [3.8, 4) is 0 Å². The molecular weight excluding hydrogens is 220 g/mol. The molecular formula is C13H20O4. The lowest BCUT2D eigenvalue weighted by Gasteiger charge is -2.19. The summed E-state index contributed by atoms with van der Waals surface area (Å²) in [6.07, 6.45) is 6.76. The minimum absolute atomic E-state index is 0.224. The van der Waals surface area contributed by atoms with E-state index in [1.54, 1.807) is 6.08 Å². The van der Waals surface area contributed by atoms with E-state index >= 15 is 0 Å². The number of hydrogen-bond acceptors (Lipinski definition) is 4. The molecule has 0 spiro atoms. The standard InChI is InChI=1S/C13H20O4/c1-5-7-9-10(8-6-2)11(12(14)16-3)13(15)17-4/h5-6,8,10-11H,1,7,9H2,2-4H3/b8-6+/t10-/m1/s1. The number of allylic oxidation sites excluding steroid dienone is 3. The highest BCUT2D eigenvalue weighted by molar-refractivity contribution is 5.95. The monoisotopic (exact) mass is 240 g/mol. The fourth-order valence-electron chi connectivity index (χ4n) is 1.63. The summed E-state index contributed by atoms with van der Waals surface area (Å²) in [7, 11) is 2.52. The lowest BCUT2D eigenvalue weighted by atomic mass is 9.88. The van der Waals surface area contributed by atoms with Gasteiger partial charge in [0.15, 0.2) is 5.92 Å². The molecule has 1 atom stereocenters. The fourth-order valence-corrected chi connectivity index (χ4v) is 1.63. The van der Waals surface area contributed by atoms with E-state index in [0.29, 0.717) is 6.42 Å². The maximum atomic E-state index is 11.6. The van der Waals surface area contributed by atoms with Gasteiger partial charge in [-0.2, -0.15) is 0 Å². The Morgan fingerprint density at radius 1 is 1.24 bits per heavy atom. The Labute approximate surface area is 102 Å². The number of carbonyl (C=O) groups is 2. The van der Waals surface area contributed by atoms with E-state index in [9.17, 15) is 9.59 Å². The molecule has 0 aliphatic carbocycles. The Balaban J connectivity index is 4.98. The maximum absolute atomic E-state index is 11.6. The van der Waals surface area contributed by atoms with Crippen molar-refractivity contribution < 1.29 is 19.1 Å². The van der Waals surface area contributed by atoms with Crippen LogP contribution in [0.3, 0.4) is 0 Å². The second-order valence-electron chi connectivity index (χ2n) is 3.58. The molecule has 0 aliphatic heterocycles. The third-order valence-electron chi connectivity index (χ3n) is 2.48. The highest BCUT2D eigenvalue weighted by atomic mass is 16.5. The van der Waals surface area contributed by atoms with E-state index in [1.807, 2.05) is 19.1 Å². The average molecular weight is 240 g/mol. The largest absolute Gasteiger partial charge is 0.468 e. The van der Waals surface area contributed by atoms with Gasteiger partial charge in [0.05, 0.1) is 14.2 Å². The highest BCUT2D eigenvalue weighted by Crippen LogP contribution is 2.22. The molecule has 96 valence electrons. The first-order valence-corrected chi connectivity index (χ1v) is 5.51. The second kappa shape index (κ2) is 8.56. The number of ether oxygens (including phenoxy) is 2. The molecule has 0 rings (SSSR count). The average Bonchev–Trinajstić information content (AvgIpc) is 2.35. The van der Waals surface area contributed by atoms with Gasteiger partial charge >= 0.3 is 11.9 Å². The fraction of sp³-hybridized carbons (Fsp3) is 0.538. The molecule has 0 aromatic carbocycles. The third kappa shape index (κ3) is 4.85. The van der Waals surface area contributed by atoms with Crippen LogP contribution in [0.4, 0.5) is 0 Å². The van der Waals surface area contributed by atoms with Gasteiger partial charge in [-0.25, -0.2) is 0 Å². The Hall–Kier alpha value is -1.58. The first kappa shape index (κ1) is 15.4. The summed E-state index contributed by atoms with van der Waals surface area (Å²) in [5, 5.41) is 0. The van der Waals surface area contributed by atoms with Gasteiger partial charge in [0.1, 0.15) is 0 Å². The molecule has 0 N–H and O–H groups in total. The molecule has 0 bridgehead atoms. The summed E-state index contributed by atoms with van der Waals surface area (Å²) in [6, 6.07) is 0. The molecule has 0 aromatic rings. The van der Waals surface area contributed by atoms with Gasteiger partial charge in [0, 0.05) is 5.92 Å². The SMILES string of the molecule is C=CCC[C@@H](/C=C/C)C(C(=O)OC)C(=O)OC.